The molecule has 0 spiro atoms. The molecule has 0 bridgehead atoms. The molecule has 1 heterocycles. The molecule has 0 aliphatic carbocycles. The standard InChI is InChI=1S/C15H23FN2O/c1-12-11-13(3-4-15(12)19-2)14(5-6-16)18-9-7-17-8-10-18/h3-4,11,14,17H,5-10H2,1-2H3/t14-/m0/s1. The van der Waals surface area contributed by atoms with Crippen molar-refractivity contribution in [2.75, 3.05) is 40.0 Å². The monoisotopic (exact) mass is 266 g/mol. The zero-order chi connectivity index (χ0) is 13.7. The van der Waals surface area contributed by atoms with Gasteiger partial charge in [0.15, 0.2) is 0 Å². The molecule has 1 aromatic rings. The molecule has 1 N–H and O–H groups in total. The molecule has 19 heavy (non-hydrogen) atoms. The summed E-state index contributed by atoms with van der Waals surface area (Å²) in [7, 11) is 1.68. The molecule has 2 rings (SSSR count). The average molecular weight is 266 g/mol. The Balaban J connectivity index is 2.19. The summed E-state index contributed by atoms with van der Waals surface area (Å²) in [5.74, 6) is 0.892. The molecule has 0 amide bonds. The van der Waals surface area contributed by atoms with Crippen LogP contribution in [0.15, 0.2) is 18.2 Å². The highest BCUT2D eigenvalue weighted by Gasteiger charge is 2.22. The Kier molecular flexibility index (Phi) is 5.16. The Morgan fingerprint density at radius 2 is 2.11 bits per heavy atom. The highest BCUT2D eigenvalue weighted by atomic mass is 19.1. The first-order valence-corrected chi connectivity index (χ1v) is 6.91. The summed E-state index contributed by atoms with van der Waals surface area (Å²) in [5, 5.41) is 3.34. The summed E-state index contributed by atoms with van der Waals surface area (Å²) in [6.45, 7) is 5.69. The predicted molar refractivity (Wildman–Crippen MR) is 75.5 cm³/mol. The highest BCUT2D eigenvalue weighted by molar-refractivity contribution is 5.37. The van der Waals surface area contributed by atoms with Crippen LogP contribution in [0.3, 0.4) is 0 Å². The van der Waals surface area contributed by atoms with E-state index in [0.29, 0.717) is 6.42 Å². The lowest BCUT2D eigenvalue weighted by Gasteiger charge is -2.35. The third kappa shape index (κ3) is 3.45. The van der Waals surface area contributed by atoms with E-state index < -0.39 is 0 Å². The van der Waals surface area contributed by atoms with Gasteiger partial charge in [0, 0.05) is 32.2 Å². The number of ether oxygens (including phenoxy) is 1. The van der Waals surface area contributed by atoms with E-state index in [0.717, 1.165) is 37.5 Å². The summed E-state index contributed by atoms with van der Waals surface area (Å²) >= 11 is 0. The molecule has 0 radical (unpaired) electrons. The molecule has 1 aromatic carbocycles. The van der Waals surface area contributed by atoms with Gasteiger partial charge in [-0.05, 0) is 30.5 Å². The van der Waals surface area contributed by atoms with E-state index in [4.69, 9.17) is 4.74 Å². The van der Waals surface area contributed by atoms with Crippen molar-refractivity contribution in [1.29, 1.82) is 0 Å². The number of hydrogen-bond acceptors (Lipinski definition) is 3. The highest BCUT2D eigenvalue weighted by Crippen LogP contribution is 2.28. The van der Waals surface area contributed by atoms with Gasteiger partial charge in [-0.1, -0.05) is 12.1 Å². The van der Waals surface area contributed by atoms with Crippen LogP contribution >= 0.6 is 0 Å². The maximum Gasteiger partial charge on any atom is 0.121 e. The van der Waals surface area contributed by atoms with Crippen molar-refractivity contribution in [2.45, 2.75) is 19.4 Å². The summed E-state index contributed by atoms with van der Waals surface area (Å²) in [6.07, 6.45) is 0.561. The Morgan fingerprint density at radius 1 is 1.37 bits per heavy atom. The quantitative estimate of drug-likeness (QED) is 0.885. The second-order valence-corrected chi connectivity index (χ2v) is 5.01. The topological polar surface area (TPSA) is 24.5 Å². The first kappa shape index (κ1) is 14.3. The number of halogens is 1. The lowest BCUT2D eigenvalue weighted by atomic mass is 9.99. The van der Waals surface area contributed by atoms with Crippen LogP contribution in [0.25, 0.3) is 0 Å². The Labute approximate surface area is 114 Å². The van der Waals surface area contributed by atoms with Crippen LogP contribution in [0, 0.1) is 6.92 Å². The van der Waals surface area contributed by atoms with Crippen LogP contribution in [-0.4, -0.2) is 44.9 Å². The van der Waals surface area contributed by atoms with E-state index in [1.807, 2.05) is 13.0 Å². The van der Waals surface area contributed by atoms with Gasteiger partial charge in [-0.15, -0.1) is 0 Å². The number of nitrogens with zero attached hydrogens (tertiary/aromatic N) is 1. The molecule has 4 heteroatoms. The molecule has 1 aliphatic rings. The molecule has 1 saturated heterocycles. The van der Waals surface area contributed by atoms with Crippen LogP contribution < -0.4 is 10.1 Å². The van der Waals surface area contributed by atoms with Crippen molar-refractivity contribution in [2.24, 2.45) is 0 Å². The maximum atomic E-state index is 12.9. The van der Waals surface area contributed by atoms with Crippen LogP contribution in [0.4, 0.5) is 4.39 Å². The van der Waals surface area contributed by atoms with Crippen molar-refractivity contribution in [3.05, 3.63) is 29.3 Å². The van der Waals surface area contributed by atoms with E-state index in [-0.39, 0.29) is 12.7 Å². The summed E-state index contributed by atoms with van der Waals surface area (Å²) in [5.41, 5.74) is 2.30. The van der Waals surface area contributed by atoms with Gasteiger partial charge in [0.1, 0.15) is 5.75 Å². The third-order valence-corrected chi connectivity index (χ3v) is 3.78. The minimum absolute atomic E-state index is 0.178. The summed E-state index contributed by atoms with van der Waals surface area (Å²) in [4.78, 5) is 2.37. The maximum absolute atomic E-state index is 12.9. The first-order valence-electron chi connectivity index (χ1n) is 6.91. The number of aryl methyl sites for hydroxylation is 1. The van der Waals surface area contributed by atoms with Crippen molar-refractivity contribution >= 4 is 0 Å². The Morgan fingerprint density at radius 3 is 2.68 bits per heavy atom. The van der Waals surface area contributed by atoms with E-state index in [1.54, 1.807) is 7.11 Å². The lowest BCUT2D eigenvalue weighted by molar-refractivity contribution is 0.157. The lowest BCUT2D eigenvalue weighted by Crippen LogP contribution is -2.45. The number of methoxy groups -OCH3 is 1. The van der Waals surface area contributed by atoms with Crippen LogP contribution in [0.5, 0.6) is 5.75 Å². The van der Waals surface area contributed by atoms with Crippen molar-refractivity contribution in [3.63, 3.8) is 0 Å². The number of rotatable bonds is 5. The molecule has 106 valence electrons. The SMILES string of the molecule is COc1ccc([C@H](CCF)N2CCNCC2)cc1C. The molecular formula is C15H23FN2O. The molecule has 1 atom stereocenters. The first-order chi connectivity index (χ1) is 9.26. The second-order valence-electron chi connectivity index (χ2n) is 5.01. The van der Waals surface area contributed by atoms with Crippen LogP contribution in [0.1, 0.15) is 23.6 Å². The van der Waals surface area contributed by atoms with E-state index in [2.05, 4.69) is 22.3 Å². The van der Waals surface area contributed by atoms with Gasteiger partial charge in [0.25, 0.3) is 0 Å². The van der Waals surface area contributed by atoms with Gasteiger partial charge in [-0.3, -0.25) is 9.29 Å². The molecule has 1 fully saturated rings. The van der Waals surface area contributed by atoms with Gasteiger partial charge >= 0.3 is 0 Å². The number of piperazine rings is 1. The van der Waals surface area contributed by atoms with E-state index in [9.17, 15) is 4.39 Å². The number of hydrogen-bond donors (Lipinski definition) is 1. The smallest absolute Gasteiger partial charge is 0.121 e. The minimum atomic E-state index is -0.278. The third-order valence-electron chi connectivity index (χ3n) is 3.78. The van der Waals surface area contributed by atoms with Crippen molar-refractivity contribution < 1.29 is 9.13 Å². The molecule has 0 saturated carbocycles. The van der Waals surface area contributed by atoms with Crippen molar-refractivity contribution in [3.8, 4) is 5.75 Å². The largest absolute Gasteiger partial charge is 0.496 e. The molecule has 1 aliphatic heterocycles. The van der Waals surface area contributed by atoms with Gasteiger partial charge < -0.3 is 10.1 Å². The summed E-state index contributed by atoms with van der Waals surface area (Å²) in [6, 6.07) is 6.35. The zero-order valence-corrected chi connectivity index (χ0v) is 11.8. The number of nitrogens with one attached hydrogen (secondary N) is 1. The van der Waals surface area contributed by atoms with Gasteiger partial charge in [0.05, 0.1) is 13.8 Å². The fourth-order valence-electron chi connectivity index (χ4n) is 2.77. The number of alkyl halides is 1. The second kappa shape index (κ2) is 6.87. The summed E-state index contributed by atoms with van der Waals surface area (Å²) < 4.78 is 18.2. The van der Waals surface area contributed by atoms with Gasteiger partial charge in [0.2, 0.25) is 0 Å². The van der Waals surface area contributed by atoms with Crippen LogP contribution in [-0.2, 0) is 0 Å². The predicted octanol–water partition coefficient (Wildman–Crippen LogP) is 2.31. The fourth-order valence-corrected chi connectivity index (χ4v) is 2.77. The Bertz CT molecular complexity index is 405. The Hall–Kier alpha value is -1.13. The average Bonchev–Trinajstić information content (AvgIpc) is 2.45. The van der Waals surface area contributed by atoms with Crippen LogP contribution in [0.2, 0.25) is 0 Å². The fraction of sp³-hybridized carbons (Fsp3) is 0.600. The minimum Gasteiger partial charge on any atom is -0.496 e. The zero-order valence-electron chi connectivity index (χ0n) is 11.8. The van der Waals surface area contributed by atoms with E-state index >= 15 is 0 Å². The van der Waals surface area contributed by atoms with E-state index in [1.165, 1.54) is 5.56 Å². The molecule has 0 aromatic heterocycles. The normalized spacial score (nSPS) is 18.3. The van der Waals surface area contributed by atoms with Crippen molar-refractivity contribution in [1.82, 2.24) is 10.2 Å². The molecule has 3 nitrogen and oxygen atoms in total. The number of benzene rings is 1. The van der Waals surface area contributed by atoms with Gasteiger partial charge in [-0.2, -0.15) is 0 Å². The molecular weight excluding hydrogens is 243 g/mol. The van der Waals surface area contributed by atoms with Gasteiger partial charge in [-0.25, -0.2) is 0 Å². The molecule has 0 unspecified atom stereocenters.